The van der Waals surface area contributed by atoms with E-state index in [1.165, 1.54) is 17.3 Å². The number of methoxy groups -OCH3 is 1. The summed E-state index contributed by atoms with van der Waals surface area (Å²) in [6.07, 6.45) is 0. The summed E-state index contributed by atoms with van der Waals surface area (Å²) in [4.78, 5) is 13.2. The second-order valence-electron chi connectivity index (χ2n) is 7.07. The van der Waals surface area contributed by atoms with Gasteiger partial charge in [0, 0.05) is 5.69 Å². The van der Waals surface area contributed by atoms with Crippen LogP contribution in [0.5, 0.6) is 5.75 Å². The van der Waals surface area contributed by atoms with Gasteiger partial charge < -0.3 is 15.5 Å². The lowest BCUT2D eigenvalue weighted by molar-refractivity contribution is -0.116. The second-order valence-corrected chi connectivity index (χ2v) is 8.18. The van der Waals surface area contributed by atoms with Gasteiger partial charge in [-0.05, 0) is 61.7 Å². The molecular formula is C21H23N5O2S. The van der Waals surface area contributed by atoms with E-state index in [0.717, 1.165) is 28.4 Å². The van der Waals surface area contributed by atoms with Crippen molar-refractivity contribution >= 4 is 23.4 Å². The van der Waals surface area contributed by atoms with E-state index < -0.39 is 5.25 Å². The Morgan fingerprint density at radius 2 is 1.86 bits per heavy atom. The van der Waals surface area contributed by atoms with E-state index in [-0.39, 0.29) is 11.9 Å². The molecule has 29 heavy (non-hydrogen) atoms. The van der Waals surface area contributed by atoms with Crippen molar-refractivity contribution in [2.75, 3.05) is 17.9 Å². The molecule has 0 spiro atoms. The Balaban J connectivity index is 1.65. The zero-order chi connectivity index (χ0) is 20.5. The molecule has 0 bridgehead atoms. The number of hydrogen-bond acceptors (Lipinski definition) is 6. The quantitative estimate of drug-likeness (QED) is 0.685. The molecule has 0 unspecified atom stereocenters. The highest BCUT2D eigenvalue weighted by molar-refractivity contribution is 8.00. The molecule has 0 saturated carbocycles. The molecule has 0 saturated heterocycles. The Labute approximate surface area is 173 Å². The zero-order valence-electron chi connectivity index (χ0n) is 16.8. The number of hydrogen-bond donors (Lipinski definition) is 2. The number of ether oxygens (including phenoxy) is 1. The Bertz CT molecular complexity index is 1050. The molecule has 1 aliphatic heterocycles. The fourth-order valence-electron chi connectivity index (χ4n) is 3.25. The van der Waals surface area contributed by atoms with Crippen LogP contribution in [-0.2, 0) is 4.79 Å². The van der Waals surface area contributed by atoms with Crippen LogP contribution in [0.2, 0.25) is 0 Å². The highest BCUT2D eigenvalue weighted by atomic mass is 32.2. The van der Waals surface area contributed by atoms with Crippen molar-refractivity contribution in [3.05, 3.63) is 65.0 Å². The van der Waals surface area contributed by atoms with Gasteiger partial charge >= 0.3 is 0 Å². The average molecular weight is 410 g/mol. The maximum absolute atomic E-state index is 13.2. The van der Waals surface area contributed by atoms with Gasteiger partial charge in [-0.1, -0.05) is 30.0 Å². The molecule has 0 aliphatic carbocycles. The summed E-state index contributed by atoms with van der Waals surface area (Å²) in [6.45, 7) is 5.97. The first kappa shape index (κ1) is 19.3. The summed E-state index contributed by atoms with van der Waals surface area (Å²) in [5.41, 5.74) is 7.51. The van der Waals surface area contributed by atoms with E-state index in [2.05, 4.69) is 27.9 Å². The first-order chi connectivity index (χ1) is 14.0. The lowest BCUT2D eigenvalue weighted by Crippen LogP contribution is -2.41. The molecule has 8 heteroatoms. The molecule has 2 atom stereocenters. The Kier molecular flexibility index (Phi) is 5.19. The molecule has 1 aliphatic rings. The van der Waals surface area contributed by atoms with Gasteiger partial charge in [-0.15, -0.1) is 10.2 Å². The molecule has 150 valence electrons. The number of aryl methyl sites for hydroxylation is 3. The van der Waals surface area contributed by atoms with Crippen LogP contribution in [0, 0.1) is 20.8 Å². The number of nitrogens with one attached hydrogen (secondary N) is 2. The van der Waals surface area contributed by atoms with Gasteiger partial charge in [-0.25, -0.2) is 4.68 Å². The standard InChI is InChI=1S/C21H23N5O2S/c1-12-5-8-16(11-13(12)2)22-20(27)19-18(15-6-9-17(28-4)10-7-15)25-26-14(3)23-24-21(26)29-19/h5-11,18-19,25H,1-4H3,(H,22,27)/t18-,19-/m1/s1. The normalized spacial score (nSPS) is 17.9. The molecule has 2 heterocycles. The Hall–Kier alpha value is -3.00. The van der Waals surface area contributed by atoms with Crippen molar-refractivity contribution in [1.29, 1.82) is 0 Å². The van der Waals surface area contributed by atoms with Crippen LogP contribution in [-0.4, -0.2) is 33.1 Å². The van der Waals surface area contributed by atoms with Gasteiger partial charge in [0.15, 0.2) is 0 Å². The van der Waals surface area contributed by atoms with Crippen molar-refractivity contribution in [1.82, 2.24) is 14.9 Å². The maximum Gasteiger partial charge on any atom is 0.240 e. The SMILES string of the molecule is COc1ccc([C@H]2Nn3c(C)nnc3S[C@H]2C(=O)Nc2ccc(C)c(C)c2)cc1. The summed E-state index contributed by atoms with van der Waals surface area (Å²) in [5.74, 6) is 1.44. The van der Waals surface area contributed by atoms with Gasteiger partial charge in [0.1, 0.15) is 16.8 Å². The van der Waals surface area contributed by atoms with Gasteiger partial charge in [-0.2, -0.15) is 0 Å². The van der Waals surface area contributed by atoms with E-state index in [0.29, 0.717) is 5.16 Å². The Morgan fingerprint density at radius 3 is 2.55 bits per heavy atom. The third-order valence-corrected chi connectivity index (χ3v) is 6.32. The van der Waals surface area contributed by atoms with Crippen LogP contribution < -0.4 is 15.5 Å². The summed E-state index contributed by atoms with van der Waals surface area (Å²) in [6, 6.07) is 13.4. The lowest BCUT2D eigenvalue weighted by atomic mass is 10.0. The highest BCUT2D eigenvalue weighted by Crippen LogP contribution is 2.38. The number of fused-ring (bicyclic) bond motifs is 1. The first-order valence-corrected chi connectivity index (χ1v) is 10.2. The number of nitrogens with zero attached hydrogens (tertiary/aromatic N) is 3. The summed E-state index contributed by atoms with van der Waals surface area (Å²) >= 11 is 1.41. The minimum absolute atomic E-state index is 0.0847. The monoisotopic (exact) mass is 409 g/mol. The average Bonchev–Trinajstić information content (AvgIpc) is 3.10. The molecule has 2 aromatic carbocycles. The number of thioether (sulfide) groups is 1. The third-order valence-electron chi connectivity index (χ3n) is 5.11. The summed E-state index contributed by atoms with van der Waals surface area (Å²) in [7, 11) is 1.64. The van der Waals surface area contributed by atoms with Gasteiger partial charge in [0.25, 0.3) is 0 Å². The van der Waals surface area contributed by atoms with E-state index in [9.17, 15) is 4.79 Å². The number of carbonyl (C=O) groups excluding carboxylic acids is 1. The van der Waals surface area contributed by atoms with Gasteiger partial charge in [-0.3, -0.25) is 4.79 Å². The highest BCUT2D eigenvalue weighted by Gasteiger charge is 2.37. The van der Waals surface area contributed by atoms with E-state index >= 15 is 0 Å². The fourth-order valence-corrected chi connectivity index (χ4v) is 4.38. The summed E-state index contributed by atoms with van der Waals surface area (Å²) in [5, 5.41) is 11.6. The number of anilines is 1. The Morgan fingerprint density at radius 1 is 1.10 bits per heavy atom. The smallest absolute Gasteiger partial charge is 0.240 e. The predicted octanol–water partition coefficient (Wildman–Crippen LogP) is 3.61. The van der Waals surface area contributed by atoms with Crippen molar-refractivity contribution in [3.63, 3.8) is 0 Å². The van der Waals surface area contributed by atoms with Crippen LogP contribution in [0.25, 0.3) is 0 Å². The van der Waals surface area contributed by atoms with Crippen molar-refractivity contribution in [3.8, 4) is 5.75 Å². The van der Waals surface area contributed by atoms with Crippen LogP contribution in [0.15, 0.2) is 47.6 Å². The molecule has 1 amide bonds. The molecule has 0 radical (unpaired) electrons. The molecule has 0 fully saturated rings. The lowest BCUT2D eigenvalue weighted by Gasteiger charge is -2.32. The topological polar surface area (TPSA) is 81.1 Å². The number of amides is 1. The van der Waals surface area contributed by atoms with Crippen molar-refractivity contribution < 1.29 is 9.53 Å². The maximum atomic E-state index is 13.2. The molecule has 7 nitrogen and oxygen atoms in total. The van der Waals surface area contributed by atoms with Crippen LogP contribution in [0.3, 0.4) is 0 Å². The molecule has 1 aromatic heterocycles. The van der Waals surface area contributed by atoms with Crippen molar-refractivity contribution in [2.45, 2.75) is 37.2 Å². The number of rotatable bonds is 4. The summed E-state index contributed by atoms with van der Waals surface area (Å²) < 4.78 is 7.10. The van der Waals surface area contributed by atoms with Crippen LogP contribution in [0.4, 0.5) is 5.69 Å². The minimum Gasteiger partial charge on any atom is -0.497 e. The van der Waals surface area contributed by atoms with E-state index in [4.69, 9.17) is 4.74 Å². The van der Waals surface area contributed by atoms with Gasteiger partial charge in [0.05, 0.1) is 13.2 Å². The largest absolute Gasteiger partial charge is 0.497 e. The second kappa shape index (κ2) is 7.79. The molecular weight excluding hydrogens is 386 g/mol. The third kappa shape index (κ3) is 3.80. The first-order valence-electron chi connectivity index (χ1n) is 9.33. The molecule has 2 N–H and O–H groups in total. The van der Waals surface area contributed by atoms with Crippen LogP contribution >= 0.6 is 11.8 Å². The molecule has 4 rings (SSSR count). The minimum atomic E-state index is -0.416. The zero-order valence-corrected chi connectivity index (χ0v) is 17.6. The van der Waals surface area contributed by atoms with E-state index in [1.54, 1.807) is 7.11 Å². The number of benzene rings is 2. The van der Waals surface area contributed by atoms with E-state index in [1.807, 2.05) is 61.0 Å². The van der Waals surface area contributed by atoms with Crippen molar-refractivity contribution in [2.24, 2.45) is 0 Å². The molecule has 3 aromatic rings. The number of carbonyl (C=O) groups is 1. The van der Waals surface area contributed by atoms with Gasteiger partial charge in [0.2, 0.25) is 11.1 Å². The fraction of sp³-hybridized carbons (Fsp3) is 0.286. The van der Waals surface area contributed by atoms with Crippen LogP contribution in [0.1, 0.15) is 28.6 Å². The predicted molar refractivity (Wildman–Crippen MR) is 114 cm³/mol. The number of aromatic nitrogens is 3.